The summed E-state index contributed by atoms with van der Waals surface area (Å²) in [6.45, 7) is 5.52. The van der Waals surface area contributed by atoms with Crippen molar-refractivity contribution in [3.63, 3.8) is 0 Å². The van der Waals surface area contributed by atoms with Crippen molar-refractivity contribution in [2.75, 3.05) is 32.2 Å². The van der Waals surface area contributed by atoms with E-state index in [1.807, 2.05) is 19.9 Å². The van der Waals surface area contributed by atoms with Crippen LogP contribution in [0.3, 0.4) is 0 Å². The summed E-state index contributed by atoms with van der Waals surface area (Å²) in [5.74, 6) is 0.483. The van der Waals surface area contributed by atoms with Crippen LogP contribution < -0.4 is 10.1 Å². The van der Waals surface area contributed by atoms with Crippen molar-refractivity contribution in [1.82, 2.24) is 4.98 Å². The molecule has 0 atom stereocenters. The van der Waals surface area contributed by atoms with Crippen molar-refractivity contribution < 1.29 is 19.0 Å². The Morgan fingerprint density at radius 2 is 1.96 bits per heavy atom. The minimum absolute atomic E-state index is 0.0804. The first-order chi connectivity index (χ1) is 12.1. The van der Waals surface area contributed by atoms with Gasteiger partial charge in [0, 0.05) is 19.3 Å². The standard InChI is InChI=1S/C19H30N2O4/c1-4-24-11-12-25-17-15(2)13-16(14-20-17)21-18(22)19(23-3)9-7-5-6-8-10-19/h13-14H,4-12H2,1-3H3,(H,21,22). The van der Waals surface area contributed by atoms with E-state index in [1.54, 1.807) is 13.3 Å². The average molecular weight is 350 g/mol. The van der Waals surface area contributed by atoms with Gasteiger partial charge in [-0.25, -0.2) is 4.98 Å². The second-order valence-corrected chi connectivity index (χ2v) is 6.46. The van der Waals surface area contributed by atoms with Crippen molar-refractivity contribution in [3.05, 3.63) is 17.8 Å². The molecule has 1 aromatic heterocycles. The van der Waals surface area contributed by atoms with Crippen LogP contribution in [0.1, 0.15) is 51.0 Å². The van der Waals surface area contributed by atoms with Crippen LogP contribution in [0.25, 0.3) is 0 Å². The predicted octanol–water partition coefficient (Wildman–Crippen LogP) is 3.48. The van der Waals surface area contributed by atoms with E-state index in [0.29, 0.717) is 31.4 Å². The van der Waals surface area contributed by atoms with Crippen LogP contribution >= 0.6 is 0 Å². The average Bonchev–Trinajstić information content (AvgIpc) is 2.87. The number of pyridine rings is 1. The molecule has 0 spiro atoms. The number of amides is 1. The van der Waals surface area contributed by atoms with Gasteiger partial charge < -0.3 is 19.5 Å². The zero-order valence-electron chi connectivity index (χ0n) is 15.6. The lowest BCUT2D eigenvalue weighted by atomic mass is 9.93. The van der Waals surface area contributed by atoms with Gasteiger partial charge in [-0.05, 0) is 32.8 Å². The van der Waals surface area contributed by atoms with Crippen molar-refractivity contribution in [2.24, 2.45) is 0 Å². The van der Waals surface area contributed by atoms with Gasteiger partial charge in [0.05, 0.1) is 18.5 Å². The molecule has 0 saturated heterocycles. The number of aromatic nitrogens is 1. The number of hydrogen-bond acceptors (Lipinski definition) is 5. The molecular weight excluding hydrogens is 320 g/mol. The molecule has 0 aromatic carbocycles. The van der Waals surface area contributed by atoms with Gasteiger partial charge in [0.25, 0.3) is 5.91 Å². The fourth-order valence-electron chi connectivity index (χ4n) is 3.19. The van der Waals surface area contributed by atoms with E-state index in [4.69, 9.17) is 14.2 Å². The fraction of sp³-hybridized carbons (Fsp3) is 0.684. The van der Waals surface area contributed by atoms with Gasteiger partial charge in [0.15, 0.2) is 0 Å². The summed E-state index contributed by atoms with van der Waals surface area (Å²) in [4.78, 5) is 17.1. The Bertz CT molecular complexity index is 554. The quantitative estimate of drug-likeness (QED) is 0.574. The second-order valence-electron chi connectivity index (χ2n) is 6.46. The van der Waals surface area contributed by atoms with Crippen molar-refractivity contribution >= 4 is 11.6 Å². The molecule has 1 fully saturated rings. The van der Waals surface area contributed by atoms with Crippen LogP contribution in [-0.4, -0.2) is 43.4 Å². The molecule has 2 rings (SSSR count). The van der Waals surface area contributed by atoms with Gasteiger partial charge in [0.1, 0.15) is 12.2 Å². The lowest BCUT2D eigenvalue weighted by Crippen LogP contribution is -2.44. The van der Waals surface area contributed by atoms with E-state index in [0.717, 1.165) is 44.1 Å². The van der Waals surface area contributed by atoms with E-state index < -0.39 is 5.60 Å². The summed E-state index contributed by atoms with van der Waals surface area (Å²) in [5.41, 5.74) is 0.818. The Kier molecular flexibility index (Phi) is 7.65. The first-order valence-electron chi connectivity index (χ1n) is 9.15. The Morgan fingerprint density at radius 1 is 1.24 bits per heavy atom. The van der Waals surface area contributed by atoms with E-state index in [1.165, 1.54) is 0 Å². The number of methoxy groups -OCH3 is 1. The highest BCUT2D eigenvalue weighted by atomic mass is 16.5. The Labute approximate surface area is 150 Å². The van der Waals surface area contributed by atoms with Crippen LogP contribution in [0.15, 0.2) is 12.3 Å². The summed E-state index contributed by atoms with van der Waals surface area (Å²) in [6.07, 6.45) is 7.51. The molecule has 140 valence electrons. The monoisotopic (exact) mass is 350 g/mol. The molecule has 1 aliphatic carbocycles. The zero-order valence-corrected chi connectivity index (χ0v) is 15.6. The fourth-order valence-corrected chi connectivity index (χ4v) is 3.19. The number of hydrogen-bond donors (Lipinski definition) is 1. The highest BCUT2D eigenvalue weighted by Gasteiger charge is 2.38. The van der Waals surface area contributed by atoms with Crippen LogP contribution in [0.4, 0.5) is 5.69 Å². The van der Waals surface area contributed by atoms with Gasteiger partial charge >= 0.3 is 0 Å². The number of aryl methyl sites for hydroxylation is 1. The third-order valence-corrected chi connectivity index (χ3v) is 4.67. The summed E-state index contributed by atoms with van der Waals surface area (Å²) in [6, 6.07) is 1.88. The number of ether oxygens (including phenoxy) is 3. The molecule has 0 bridgehead atoms. The predicted molar refractivity (Wildman–Crippen MR) is 97.0 cm³/mol. The second kappa shape index (κ2) is 9.73. The van der Waals surface area contributed by atoms with Crippen LogP contribution in [0.2, 0.25) is 0 Å². The SMILES string of the molecule is CCOCCOc1ncc(NC(=O)C2(OC)CCCCCC2)cc1C. The molecule has 25 heavy (non-hydrogen) atoms. The molecule has 0 aliphatic heterocycles. The lowest BCUT2D eigenvalue weighted by molar-refractivity contribution is -0.139. The van der Waals surface area contributed by atoms with E-state index in [9.17, 15) is 4.79 Å². The Morgan fingerprint density at radius 3 is 2.56 bits per heavy atom. The number of anilines is 1. The minimum Gasteiger partial charge on any atom is -0.475 e. The molecule has 1 amide bonds. The number of nitrogens with one attached hydrogen (secondary N) is 1. The van der Waals surface area contributed by atoms with Gasteiger partial charge in [0.2, 0.25) is 5.88 Å². The van der Waals surface area contributed by atoms with Crippen LogP contribution in [-0.2, 0) is 14.3 Å². The minimum atomic E-state index is -0.725. The largest absolute Gasteiger partial charge is 0.475 e. The maximum Gasteiger partial charge on any atom is 0.256 e. The smallest absolute Gasteiger partial charge is 0.256 e. The van der Waals surface area contributed by atoms with Gasteiger partial charge in [-0.2, -0.15) is 0 Å². The van der Waals surface area contributed by atoms with Gasteiger partial charge in [-0.3, -0.25) is 4.79 Å². The normalized spacial score (nSPS) is 16.9. The number of nitrogens with zero attached hydrogens (tertiary/aromatic N) is 1. The topological polar surface area (TPSA) is 69.7 Å². The zero-order chi connectivity index (χ0) is 18.1. The number of rotatable bonds is 8. The number of carbonyl (C=O) groups excluding carboxylic acids is 1. The summed E-state index contributed by atoms with van der Waals surface area (Å²) >= 11 is 0. The molecule has 1 aromatic rings. The molecule has 6 heteroatoms. The summed E-state index contributed by atoms with van der Waals surface area (Å²) < 4.78 is 16.5. The molecule has 1 saturated carbocycles. The summed E-state index contributed by atoms with van der Waals surface area (Å²) in [5, 5.41) is 2.97. The van der Waals surface area contributed by atoms with Gasteiger partial charge in [-0.15, -0.1) is 0 Å². The van der Waals surface area contributed by atoms with Crippen molar-refractivity contribution in [3.8, 4) is 5.88 Å². The molecule has 0 unspecified atom stereocenters. The molecular formula is C19H30N2O4. The molecule has 1 aliphatic rings. The lowest BCUT2D eigenvalue weighted by Gasteiger charge is -2.29. The molecule has 6 nitrogen and oxygen atoms in total. The maximum atomic E-state index is 12.8. The van der Waals surface area contributed by atoms with E-state index in [-0.39, 0.29) is 5.91 Å². The molecule has 0 radical (unpaired) electrons. The van der Waals surface area contributed by atoms with E-state index >= 15 is 0 Å². The van der Waals surface area contributed by atoms with Crippen molar-refractivity contribution in [2.45, 2.75) is 58.0 Å². The summed E-state index contributed by atoms with van der Waals surface area (Å²) in [7, 11) is 1.63. The third-order valence-electron chi connectivity index (χ3n) is 4.67. The molecule has 1 N–H and O–H groups in total. The molecule has 1 heterocycles. The first-order valence-corrected chi connectivity index (χ1v) is 9.15. The van der Waals surface area contributed by atoms with Crippen molar-refractivity contribution in [1.29, 1.82) is 0 Å². The Balaban J connectivity index is 1.99. The van der Waals surface area contributed by atoms with Crippen LogP contribution in [0, 0.1) is 6.92 Å². The Hall–Kier alpha value is -1.66. The maximum absolute atomic E-state index is 12.8. The van der Waals surface area contributed by atoms with E-state index in [2.05, 4.69) is 10.3 Å². The highest BCUT2D eigenvalue weighted by Crippen LogP contribution is 2.31. The highest BCUT2D eigenvalue weighted by molar-refractivity contribution is 5.97. The third kappa shape index (κ3) is 5.41. The number of carbonyl (C=O) groups is 1. The van der Waals surface area contributed by atoms with Crippen LogP contribution in [0.5, 0.6) is 5.88 Å². The first kappa shape index (κ1) is 19.7. The van der Waals surface area contributed by atoms with Gasteiger partial charge in [-0.1, -0.05) is 25.7 Å².